The molecule has 0 fully saturated rings. The van der Waals surface area contributed by atoms with Crippen LogP contribution in [-0.4, -0.2) is 23.9 Å². The molecule has 0 radical (unpaired) electrons. The molecule has 0 aliphatic rings. The predicted octanol–water partition coefficient (Wildman–Crippen LogP) is 5.79. The first kappa shape index (κ1) is 23.3. The monoisotopic (exact) mass is 497 g/mol. The number of aromatic nitrogens is 1. The zero-order valence-electron chi connectivity index (χ0n) is 19.7. The number of rotatable bonds is 7. The van der Waals surface area contributed by atoms with E-state index in [-0.39, 0.29) is 12.3 Å². The molecule has 0 bridgehead atoms. The van der Waals surface area contributed by atoms with Crippen LogP contribution in [0, 0.1) is 0 Å². The lowest BCUT2D eigenvalue weighted by atomic mass is 9.97. The summed E-state index contributed by atoms with van der Waals surface area (Å²) in [6.07, 6.45) is 3.27. The Labute approximate surface area is 211 Å². The lowest BCUT2D eigenvalue weighted by Gasteiger charge is -2.10. The molecule has 180 valence electrons. The molecule has 2 aromatic heterocycles. The molecule has 0 saturated carbocycles. The summed E-state index contributed by atoms with van der Waals surface area (Å²) in [6.45, 7) is 1.85. The maximum Gasteiger partial charge on any atom is 0.250 e. The molecule has 3 aromatic carbocycles. The summed E-state index contributed by atoms with van der Waals surface area (Å²) in [6, 6.07) is 18.3. The molecule has 36 heavy (non-hydrogen) atoms. The van der Waals surface area contributed by atoms with E-state index in [0.717, 1.165) is 27.5 Å². The Morgan fingerprint density at radius 1 is 1.14 bits per heavy atom. The SMILES string of the molecule is COc1cc2occ(-c3ccc4ccccc4c3)c2cc1/C(C)=C/C(=O)Nc1nc(CC(N)=O)cs1. The van der Waals surface area contributed by atoms with E-state index in [1.54, 1.807) is 18.8 Å². The van der Waals surface area contributed by atoms with Crippen molar-refractivity contribution in [3.05, 3.63) is 83.6 Å². The Morgan fingerprint density at radius 2 is 1.94 bits per heavy atom. The zero-order valence-corrected chi connectivity index (χ0v) is 20.5. The van der Waals surface area contributed by atoms with Crippen molar-refractivity contribution in [1.82, 2.24) is 4.98 Å². The van der Waals surface area contributed by atoms with Crippen LogP contribution in [-0.2, 0) is 16.0 Å². The maximum atomic E-state index is 12.7. The van der Waals surface area contributed by atoms with Gasteiger partial charge in [-0.25, -0.2) is 4.98 Å². The highest BCUT2D eigenvalue weighted by Gasteiger charge is 2.16. The van der Waals surface area contributed by atoms with E-state index in [0.29, 0.717) is 27.7 Å². The van der Waals surface area contributed by atoms with Crippen LogP contribution in [0.25, 0.3) is 38.4 Å². The normalized spacial score (nSPS) is 11.7. The quantitative estimate of drug-likeness (QED) is 0.277. The summed E-state index contributed by atoms with van der Waals surface area (Å²) in [5.74, 6) is -0.211. The van der Waals surface area contributed by atoms with Crippen molar-refractivity contribution >= 4 is 55.6 Å². The van der Waals surface area contributed by atoms with Gasteiger partial charge in [0, 0.05) is 34.0 Å². The number of methoxy groups -OCH3 is 1. The lowest BCUT2D eigenvalue weighted by molar-refractivity contribution is -0.117. The number of nitrogens with two attached hydrogens (primary N) is 1. The fourth-order valence-corrected chi connectivity index (χ4v) is 4.87. The number of ether oxygens (including phenoxy) is 1. The van der Waals surface area contributed by atoms with Gasteiger partial charge >= 0.3 is 0 Å². The molecule has 5 aromatic rings. The van der Waals surface area contributed by atoms with Gasteiger partial charge in [-0.3, -0.25) is 14.9 Å². The summed E-state index contributed by atoms with van der Waals surface area (Å²) in [5.41, 5.74) is 9.92. The molecule has 0 aliphatic carbocycles. The molecule has 0 aliphatic heterocycles. The number of thiazole rings is 1. The van der Waals surface area contributed by atoms with Gasteiger partial charge in [0.25, 0.3) is 0 Å². The molecule has 5 rings (SSSR count). The molecule has 0 spiro atoms. The summed E-state index contributed by atoms with van der Waals surface area (Å²) in [7, 11) is 1.58. The average molecular weight is 498 g/mol. The smallest absolute Gasteiger partial charge is 0.250 e. The number of nitrogens with one attached hydrogen (secondary N) is 1. The average Bonchev–Trinajstić information content (AvgIpc) is 3.48. The summed E-state index contributed by atoms with van der Waals surface area (Å²) < 4.78 is 11.5. The molecule has 2 heterocycles. The van der Waals surface area contributed by atoms with Crippen LogP contribution in [0.15, 0.2) is 76.7 Å². The third-order valence-corrected chi connectivity index (χ3v) is 6.67. The Morgan fingerprint density at radius 3 is 2.72 bits per heavy atom. The number of benzene rings is 3. The number of carbonyl (C=O) groups excluding carboxylic acids is 2. The second-order valence-corrected chi connectivity index (χ2v) is 9.22. The molecule has 3 N–H and O–H groups in total. The van der Waals surface area contributed by atoms with E-state index in [1.807, 2.05) is 31.2 Å². The minimum Gasteiger partial charge on any atom is -0.496 e. The van der Waals surface area contributed by atoms with Crippen molar-refractivity contribution in [3.8, 4) is 16.9 Å². The first-order valence-corrected chi connectivity index (χ1v) is 12.1. The van der Waals surface area contributed by atoms with Crippen LogP contribution in [0.5, 0.6) is 5.75 Å². The van der Waals surface area contributed by atoms with Gasteiger partial charge in [0.15, 0.2) is 5.13 Å². The second kappa shape index (κ2) is 9.67. The van der Waals surface area contributed by atoms with E-state index in [4.69, 9.17) is 14.9 Å². The second-order valence-electron chi connectivity index (χ2n) is 8.36. The lowest BCUT2D eigenvalue weighted by Crippen LogP contribution is -2.14. The van der Waals surface area contributed by atoms with Gasteiger partial charge in [-0.15, -0.1) is 11.3 Å². The Balaban J connectivity index is 1.47. The van der Waals surface area contributed by atoms with E-state index in [2.05, 4.69) is 40.6 Å². The number of fused-ring (bicyclic) bond motifs is 2. The Kier molecular flexibility index (Phi) is 6.26. The Hall–Kier alpha value is -4.43. The minimum absolute atomic E-state index is 0.0304. The van der Waals surface area contributed by atoms with Crippen LogP contribution in [0.4, 0.5) is 5.13 Å². The van der Waals surface area contributed by atoms with Gasteiger partial charge in [-0.1, -0.05) is 36.4 Å². The minimum atomic E-state index is -0.473. The molecule has 0 unspecified atom stereocenters. The van der Waals surface area contributed by atoms with Gasteiger partial charge in [0.2, 0.25) is 11.8 Å². The van der Waals surface area contributed by atoms with Crippen LogP contribution in [0.1, 0.15) is 18.2 Å². The van der Waals surface area contributed by atoms with Gasteiger partial charge in [0.1, 0.15) is 11.3 Å². The molecule has 7 nitrogen and oxygen atoms in total. The summed E-state index contributed by atoms with van der Waals surface area (Å²) in [5, 5.41) is 8.07. The van der Waals surface area contributed by atoms with Gasteiger partial charge in [0.05, 0.1) is 25.5 Å². The Bertz CT molecular complexity index is 1650. The predicted molar refractivity (Wildman–Crippen MR) is 143 cm³/mol. The fourth-order valence-electron chi connectivity index (χ4n) is 4.15. The van der Waals surface area contributed by atoms with Crippen LogP contribution >= 0.6 is 11.3 Å². The largest absolute Gasteiger partial charge is 0.496 e. The number of amides is 2. The first-order valence-electron chi connectivity index (χ1n) is 11.2. The van der Waals surface area contributed by atoms with Gasteiger partial charge in [-0.2, -0.15) is 0 Å². The standard InChI is InChI=1S/C28H23N3O4S/c1-16(9-27(33)31-28-30-20(15-36-28)11-26(29)32)21-12-22-23(14-35-25(22)13-24(21)34-2)19-8-7-17-5-3-4-6-18(17)10-19/h3-10,12-15H,11H2,1-2H3,(H2,29,32)(H,30,31,33)/b16-9+. The van der Waals surface area contributed by atoms with Crippen LogP contribution < -0.4 is 15.8 Å². The molecule has 2 amide bonds. The van der Waals surface area contributed by atoms with Crippen LogP contribution in [0.3, 0.4) is 0 Å². The number of allylic oxidation sites excluding steroid dienone is 1. The molecular weight excluding hydrogens is 474 g/mol. The highest BCUT2D eigenvalue weighted by atomic mass is 32.1. The molecule has 0 atom stereocenters. The highest BCUT2D eigenvalue weighted by molar-refractivity contribution is 7.14. The van der Waals surface area contributed by atoms with E-state index >= 15 is 0 Å². The number of carbonyl (C=O) groups is 2. The maximum absolute atomic E-state index is 12.7. The third kappa shape index (κ3) is 4.71. The van der Waals surface area contributed by atoms with E-state index in [9.17, 15) is 9.59 Å². The van der Waals surface area contributed by atoms with Crippen molar-refractivity contribution in [1.29, 1.82) is 0 Å². The van der Waals surface area contributed by atoms with Crippen molar-refractivity contribution in [2.75, 3.05) is 12.4 Å². The van der Waals surface area contributed by atoms with Crippen molar-refractivity contribution in [2.24, 2.45) is 5.73 Å². The fraction of sp³-hybridized carbons (Fsp3) is 0.107. The number of hydrogen-bond acceptors (Lipinski definition) is 6. The first-order chi connectivity index (χ1) is 17.4. The van der Waals surface area contributed by atoms with Crippen LogP contribution in [0.2, 0.25) is 0 Å². The zero-order chi connectivity index (χ0) is 25.2. The highest BCUT2D eigenvalue weighted by Crippen LogP contribution is 2.38. The number of hydrogen-bond donors (Lipinski definition) is 2. The van der Waals surface area contributed by atoms with Crippen molar-refractivity contribution in [3.63, 3.8) is 0 Å². The topological polar surface area (TPSA) is 107 Å². The number of anilines is 1. The number of nitrogens with zero attached hydrogens (tertiary/aromatic N) is 1. The molecule has 0 saturated heterocycles. The summed E-state index contributed by atoms with van der Waals surface area (Å²) in [4.78, 5) is 28.0. The third-order valence-electron chi connectivity index (χ3n) is 5.87. The van der Waals surface area contributed by atoms with Gasteiger partial charge in [-0.05, 0) is 41.0 Å². The van der Waals surface area contributed by atoms with Gasteiger partial charge < -0.3 is 14.9 Å². The molecular formula is C28H23N3O4S. The number of primary amides is 1. The summed E-state index contributed by atoms with van der Waals surface area (Å²) >= 11 is 1.24. The number of furan rings is 1. The van der Waals surface area contributed by atoms with Crippen molar-refractivity contribution in [2.45, 2.75) is 13.3 Å². The van der Waals surface area contributed by atoms with E-state index in [1.165, 1.54) is 22.8 Å². The molecule has 8 heteroatoms. The van der Waals surface area contributed by atoms with E-state index < -0.39 is 5.91 Å². The van der Waals surface area contributed by atoms with Crippen molar-refractivity contribution < 1.29 is 18.7 Å².